The monoisotopic (exact) mass is 862 g/mol. The number of benzene rings is 9. The number of anilines is 3. The van der Waals surface area contributed by atoms with Gasteiger partial charge in [-0.1, -0.05) is 153 Å². The first-order chi connectivity index (χ1) is 33.0. The Labute approximate surface area is 394 Å². The van der Waals surface area contributed by atoms with Crippen LogP contribution in [0.1, 0.15) is 90.7 Å². The van der Waals surface area contributed by atoms with E-state index >= 15 is 0 Å². The molecular weight excluding hydrogens is 809 g/mol. The number of rotatable bonds is 7. The molecule has 2 unspecified atom stereocenters. The lowest BCUT2D eigenvalue weighted by atomic mass is 9.75. The Kier molecular flexibility index (Phi) is 8.55. The van der Waals surface area contributed by atoms with Gasteiger partial charge in [0.05, 0.1) is 11.2 Å². The van der Waals surface area contributed by atoms with Crippen molar-refractivity contribution in [2.24, 2.45) is 0 Å². The molecule has 0 aliphatic heterocycles. The zero-order valence-electron chi connectivity index (χ0n) is 38.7. The zero-order valence-corrected chi connectivity index (χ0v) is 38.7. The highest BCUT2D eigenvalue weighted by Gasteiger charge is 2.48. The van der Waals surface area contributed by atoms with Crippen molar-refractivity contribution in [2.45, 2.75) is 83.1 Å². The molecule has 10 aromatic rings. The van der Waals surface area contributed by atoms with Crippen LogP contribution in [0.25, 0.3) is 77.1 Å². The van der Waals surface area contributed by atoms with Crippen LogP contribution in [0.4, 0.5) is 17.1 Å². The lowest BCUT2D eigenvalue weighted by Gasteiger charge is -2.32. The molecule has 9 aromatic carbocycles. The van der Waals surface area contributed by atoms with Gasteiger partial charge in [-0.25, -0.2) is 0 Å². The van der Waals surface area contributed by atoms with E-state index in [-0.39, 0.29) is 5.41 Å². The topological polar surface area (TPSA) is 8.17 Å². The molecule has 2 fully saturated rings. The van der Waals surface area contributed by atoms with Gasteiger partial charge in [-0.15, -0.1) is 0 Å². The van der Waals surface area contributed by atoms with Crippen molar-refractivity contribution in [2.75, 3.05) is 4.90 Å². The molecule has 4 aliphatic carbocycles. The van der Waals surface area contributed by atoms with Gasteiger partial charge >= 0.3 is 0 Å². The third-order valence-electron chi connectivity index (χ3n) is 16.6. The second-order valence-electron chi connectivity index (χ2n) is 20.3. The minimum atomic E-state index is -0.0453. The molecule has 2 saturated carbocycles. The number of hydrogen-bond donors (Lipinski definition) is 0. The Hall–Kier alpha value is -7.16. The summed E-state index contributed by atoms with van der Waals surface area (Å²) in [6, 6.07) is 68.1. The summed E-state index contributed by atoms with van der Waals surface area (Å²) in [7, 11) is 0. The fourth-order valence-corrected chi connectivity index (χ4v) is 13.5. The van der Waals surface area contributed by atoms with Gasteiger partial charge in [0, 0.05) is 45.0 Å². The van der Waals surface area contributed by atoms with Gasteiger partial charge in [0.25, 0.3) is 0 Å². The van der Waals surface area contributed by atoms with Crippen LogP contribution in [0.2, 0.25) is 0 Å². The van der Waals surface area contributed by atoms with Gasteiger partial charge < -0.3 is 9.47 Å². The van der Waals surface area contributed by atoms with Crippen molar-refractivity contribution in [1.29, 1.82) is 0 Å². The molecule has 1 heterocycles. The molecule has 67 heavy (non-hydrogen) atoms. The van der Waals surface area contributed by atoms with Gasteiger partial charge in [0.2, 0.25) is 0 Å². The van der Waals surface area contributed by atoms with Crippen LogP contribution in [0.15, 0.2) is 176 Å². The molecule has 0 amide bonds. The lowest BCUT2D eigenvalue weighted by molar-refractivity contribution is 0.550. The highest BCUT2D eigenvalue weighted by atomic mass is 15.1. The minimum absolute atomic E-state index is 0.0453. The summed E-state index contributed by atoms with van der Waals surface area (Å²) < 4.78 is 2.56. The SMILES string of the molecule is CCCn1c2ccccc2c2ccc(N(c3ccc4c(c3)C3CC3c3ccccc3-4)c3cc4c(c5ccccc35)-c3ccc(-c5cc(C)c(-c6ccccc6)cc5C)cc3C43CCCC3)cc21. The Morgan fingerprint density at radius 2 is 1.13 bits per heavy atom. The highest BCUT2D eigenvalue weighted by Crippen LogP contribution is 2.64. The van der Waals surface area contributed by atoms with Crippen LogP contribution < -0.4 is 4.90 Å². The summed E-state index contributed by atoms with van der Waals surface area (Å²) in [5.74, 6) is 1.19. The van der Waals surface area contributed by atoms with Crippen LogP contribution in [-0.2, 0) is 12.0 Å². The Bertz CT molecular complexity index is 3670. The number of hydrogen-bond acceptors (Lipinski definition) is 1. The quantitative estimate of drug-likeness (QED) is 0.155. The molecule has 2 nitrogen and oxygen atoms in total. The van der Waals surface area contributed by atoms with Crippen LogP contribution in [0.3, 0.4) is 0 Å². The largest absolute Gasteiger partial charge is 0.340 e. The van der Waals surface area contributed by atoms with E-state index in [0.717, 1.165) is 13.0 Å². The van der Waals surface area contributed by atoms with E-state index in [2.05, 4.69) is 206 Å². The average Bonchev–Trinajstić information content (AvgIpc) is 3.82. The molecule has 2 atom stereocenters. The van der Waals surface area contributed by atoms with E-state index < -0.39 is 0 Å². The number of nitrogens with zero attached hydrogens (tertiary/aromatic N) is 2. The number of para-hydroxylation sites is 1. The maximum Gasteiger partial charge on any atom is 0.0543 e. The fourth-order valence-electron chi connectivity index (χ4n) is 13.5. The van der Waals surface area contributed by atoms with E-state index in [0.29, 0.717) is 11.8 Å². The summed E-state index contributed by atoms with van der Waals surface area (Å²) in [6.45, 7) is 7.85. The van der Waals surface area contributed by atoms with Crippen molar-refractivity contribution in [3.05, 3.63) is 209 Å². The van der Waals surface area contributed by atoms with Crippen LogP contribution in [-0.4, -0.2) is 4.57 Å². The molecular formula is C65H54N2. The molecule has 0 bridgehead atoms. The second-order valence-corrected chi connectivity index (χ2v) is 20.3. The summed E-state index contributed by atoms with van der Waals surface area (Å²) in [4.78, 5) is 2.64. The van der Waals surface area contributed by atoms with Gasteiger partial charge in [0.15, 0.2) is 0 Å². The average molecular weight is 863 g/mol. The molecule has 14 rings (SSSR count). The smallest absolute Gasteiger partial charge is 0.0543 e. The predicted molar refractivity (Wildman–Crippen MR) is 282 cm³/mol. The first-order valence-corrected chi connectivity index (χ1v) is 24.9. The van der Waals surface area contributed by atoms with E-state index in [4.69, 9.17) is 0 Å². The van der Waals surface area contributed by atoms with E-state index in [9.17, 15) is 0 Å². The van der Waals surface area contributed by atoms with Crippen LogP contribution in [0, 0.1) is 13.8 Å². The first kappa shape index (κ1) is 39.0. The molecule has 0 saturated heterocycles. The van der Waals surface area contributed by atoms with Gasteiger partial charge in [-0.3, -0.25) is 0 Å². The van der Waals surface area contributed by atoms with E-state index in [1.807, 2.05) is 0 Å². The normalized spacial score (nSPS) is 17.1. The standard InChI is InChI=1S/C65H54N2/c1-4-32-66-61-23-13-12-20-49(61)51-29-26-45(37-62(51)66)67(44-25-28-48-46-18-8-9-19-47(46)57-38-58(57)56(48)36-44)63-39-60-64(52-22-11-10-21-50(52)63)53-27-24-43(35-59(53)65(60)30-14-15-31-65)55-34-40(2)54(33-41(55)3)42-16-6-5-7-17-42/h5-13,16-29,33-37,39,57-58H,4,14-15,30-32,38H2,1-3H3. The zero-order chi connectivity index (χ0) is 44.5. The molecule has 1 aromatic heterocycles. The summed E-state index contributed by atoms with van der Waals surface area (Å²) in [5, 5.41) is 5.31. The summed E-state index contributed by atoms with van der Waals surface area (Å²) in [6.07, 6.45) is 7.14. The Morgan fingerprint density at radius 3 is 1.96 bits per heavy atom. The first-order valence-electron chi connectivity index (χ1n) is 24.9. The number of fused-ring (bicyclic) bond motifs is 16. The van der Waals surface area contributed by atoms with Gasteiger partial charge in [0.1, 0.15) is 0 Å². The van der Waals surface area contributed by atoms with Crippen molar-refractivity contribution in [1.82, 2.24) is 4.57 Å². The lowest BCUT2D eigenvalue weighted by Crippen LogP contribution is -2.21. The van der Waals surface area contributed by atoms with Crippen LogP contribution in [0.5, 0.6) is 0 Å². The maximum absolute atomic E-state index is 2.66. The maximum atomic E-state index is 2.66. The highest BCUT2D eigenvalue weighted by molar-refractivity contribution is 6.12. The van der Waals surface area contributed by atoms with Crippen molar-refractivity contribution in [3.63, 3.8) is 0 Å². The fraction of sp³-hybridized carbons (Fsp3) is 0.200. The molecule has 0 N–H and O–H groups in total. The van der Waals surface area contributed by atoms with Gasteiger partial charge in [-0.05, 0) is 177 Å². The second kappa shape index (κ2) is 14.7. The summed E-state index contributed by atoms with van der Waals surface area (Å²) >= 11 is 0. The third-order valence-corrected chi connectivity index (χ3v) is 16.6. The summed E-state index contributed by atoms with van der Waals surface area (Å²) in [5.41, 5.74) is 26.0. The molecule has 1 spiro atoms. The van der Waals surface area contributed by atoms with E-state index in [1.165, 1.54) is 160 Å². The number of aryl methyl sites for hydroxylation is 3. The molecule has 4 aliphatic rings. The van der Waals surface area contributed by atoms with Crippen molar-refractivity contribution in [3.8, 4) is 44.5 Å². The molecule has 2 heteroatoms. The van der Waals surface area contributed by atoms with Crippen molar-refractivity contribution >= 4 is 49.6 Å². The Morgan fingerprint density at radius 1 is 0.493 bits per heavy atom. The molecule has 324 valence electrons. The van der Waals surface area contributed by atoms with Crippen LogP contribution >= 0.6 is 0 Å². The Balaban J connectivity index is 0.989. The minimum Gasteiger partial charge on any atom is -0.340 e. The third kappa shape index (κ3) is 5.69. The van der Waals surface area contributed by atoms with Crippen molar-refractivity contribution < 1.29 is 0 Å². The van der Waals surface area contributed by atoms with E-state index in [1.54, 1.807) is 0 Å². The molecule has 0 radical (unpaired) electrons. The predicted octanol–water partition coefficient (Wildman–Crippen LogP) is 17.9. The van der Waals surface area contributed by atoms with Gasteiger partial charge in [-0.2, -0.15) is 0 Å². The number of aromatic nitrogens is 1.